The molecule has 0 amide bonds. The van der Waals surface area contributed by atoms with Gasteiger partial charge in [0, 0.05) is 42.1 Å². The van der Waals surface area contributed by atoms with Gasteiger partial charge in [0.05, 0.1) is 9.79 Å². The molecule has 0 saturated heterocycles. The Morgan fingerprint density at radius 2 is 1.38 bits per heavy atom. The van der Waals surface area contributed by atoms with Gasteiger partial charge in [0.2, 0.25) is 0 Å². The summed E-state index contributed by atoms with van der Waals surface area (Å²) in [6.45, 7) is 7.02. The third kappa shape index (κ3) is 9.09. The predicted molar refractivity (Wildman–Crippen MR) is 185 cm³/mol. The maximum atomic E-state index is 12.6. The summed E-state index contributed by atoms with van der Waals surface area (Å²) in [5.41, 5.74) is 5.92. The molecule has 0 unspecified atom stereocenters. The summed E-state index contributed by atoms with van der Waals surface area (Å²) in [6, 6.07) is 30.8. The smallest absolute Gasteiger partial charge is 1.00 e. The average Bonchev–Trinajstić information content (AvgIpc) is 3.07. The van der Waals surface area contributed by atoms with Crippen LogP contribution in [-0.2, 0) is 33.3 Å². The maximum absolute atomic E-state index is 12.6. The van der Waals surface area contributed by atoms with Crippen LogP contribution in [0.3, 0.4) is 0 Å². The third-order valence-electron chi connectivity index (χ3n) is 8.03. The molecule has 0 fully saturated rings. The van der Waals surface area contributed by atoms with Crippen LogP contribution in [0.2, 0.25) is 0 Å². The van der Waals surface area contributed by atoms with Gasteiger partial charge in [0.25, 0.3) is 10.1 Å². The van der Waals surface area contributed by atoms with Crippen LogP contribution in [0.1, 0.15) is 37.5 Å². The first-order chi connectivity index (χ1) is 22.5. The molecular weight excluding hydrogens is 656 g/mol. The zero-order chi connectivity index (χ0) is 33.6. The number of allylic oxidation sites excluding steroid dienone is 5. The summed E-state index contributed by atoms with van der Waals surface area (Å²) in [7, 11) is -9.93. The van der Waals surface area contributed by atoms with Crippen molar-refractivity contribution in [2.45, 2.75) is 36.7 Å². The minimum absolute atomic E-state index is 0. The second-order valence-corrected chi connectivity index (χ2v) is 13.8. The molecule has 0 aliphatic heterocycles. The Morgan fingerprint density at radius 1 is 0.792 bits per heavy atom. The number of anilines is 1. The summed E-state index contributed by atoms with van der Waals surface area (Å²) >= 11 is 0. The minimum Gasteiger partial charge on any atom is -1.00 e. The van der Waals surface area contributed by atoms with E-state index in [1.807, 2.05) is 85.0 Å². The molecule has 0 heterocycles. The van der Waals surface area contributed by atoms with Crippen LogP contribution >= 0.6 is 0 Å². The quantitative estimate of drug-likeness (QED) is 0.145. The first-order valence-corrected chi connectivity index (χ1v) is 18.1. The molecule has 5 rings (SSSR count). The van der Waals surface area contributed by atoms with Gasteiger partial charge in [-0.15, -0.1) is 0 Å². The van der Waals surface area contributed by atoms with E-state index in [0.29, 0.717) is 35.9 Å². The van der Waals surface area contributed by atoms with Crippen molar-refractivity contribution in [1.29, 1.82) is 0 Å². The third-order valence-corrected chi connectivity index (χ3v) is 9.75. The van der Waals surface area contributed by atoms with Gasteiger partial charge in [0.1, 0.15) is 16.7 Å². The molecule has 48 heavy (non-hydrogen) atoms. The summed E-state index contributed by atoms with van der Waals surface area (Å²) in [4.78, 5) is 0.780. The van der Waals surface area contributed by atoms with E-state index in [-0.39, 0.29) is 36.5 Å². The SMILES string of the molecule is CCN(Cc1ccccc1)c1ccc(C(=C2C=CC(=[N+](CC)Cc3ccccc3)C=C2)c2ccc(S(=O)(=O)O)cc2S(=O)(=O)[O-])cc1.[H-].[Na+]. The molecule has 0 radical (unpaired) electrons. The van der Waals surface area contributed by atoms with Crippen LogP contribution in [0.15, 0.2) is 143 Å². The molecule has 1 N–H and O–H groups in total. The van der Waals surface area contributed by atoms with Crippen LogP contribution in [0.5, 0.6) is 0 Å². The van der Waals surface area contributed by atoms with Crippen molar-refractivity contribution in [3.05, 3.63) is 155 Å². The second-order valence-electron chi connectivity index (χ2n) is 11.1. The van der Waals surface area contributed by atoms with Gasteiger partial charge in [-0.2, -0.15) is 8.42 Å². The summed E-state index contributed by atoms with van der Waals surface area (Å²) in [6.07, 6.45) is 7.59. The Morgan fingerprint density at radius 3 is 1.90 bits per heavy atom. The van der Waals surface area contributed by atoms with Crippen LogP contribution in [0.25, 0.3) is 5.57 Å². The molecule has 4 aromatic carbocycles. The fraction of sp³-hybridized carbons (Fsp3) is 0.162. The van der Waals surface area contributed by atoms with Crippen molar-refractivity contribution >= 4 is 37.2 Å². The normalized spacial score (nSPS) is 12.8. The summed E-state index contributed by atoms with van der Waals surface area (Å²) in [5, 5.41) is 0. The van der Waals surface area contributed by atoms with Crippen molar-refractivity contribution < 1.29 is 61.5 Å². The molecular formula is C37H37N2NaO6S2. The maximum Gasteiger partial charge on any atom is 1.00 e. The Bertz CT molecular complexity index is 2080. The summed E-state index contributed by atoms with van der Waals surface area (Å²) < 4.78 is 73.3. The Labute approximate surface area is 306 Å². The number of nitrogens with zero attached hydrogens (tertiary/aromatic N) is 2. The monoisotopic (exact) mass is 692 g/mol. The standard InChI is InChI=1S/C37H36N2O6S2.Na.H/c1-3-38(26-28-11-7-5-8-12-28)32-19-15-30(16-20-32)37(35-24-23-34(46(40,41)42)25-36(35)47(43,44)45)31-17-21-33(22-18-31)39(4-2)27-29-13-9-6-10-14-29;;/h5-25H,3-4,26-27H2,1-2H3,(H-,40,41,42,43,44,45);;/q;+1;-1. The number of rotatable bonds is 11. The van der Waals surface area contributed by atoms with E-state index in [2.05, 4.69) is 47.6 Å². The predicted octanol–water partition coefficient (Wildman–Crippen LogP) is 3.58. The van der Waals surface area contributed by atoms with Crippen LogP contribution in [0.4, 0.5) is 5.69 Å². The molecule has 4 aromatic rings. The molecule has 1 aliphatic carbocycles. The van der Waals surface area contributed by atoms with Gasteiger partial charge in [-0.3, -0.25) is 4.55 Å². The molecule has 244 valence electrons. The molecule has 1 aliphatic rings. The van der Waals surface area contributed by atoms with Gasteiger partial charge in [-0.05, 0) is 72.5 Å². The zero-order valence-corrected chi connectivity index (χ0v) is 30.8. The van der Waals surface area contributed by atoms with E-state index in [4.69, 9.17) is 0 Å². The van der Waals surface area contributed by atoms with Crippen molar-refractivity contribution in [2.75, 3.05) is 18.0 Å². The zero-order valence-electron chi connectivity index (χ0n) is 28.2. The molecule has 0 spiro atoms. The van der Waals surface area contributed by atoms with Crippen LogP contribution < -0.4 is 34.5 Å². The second kappa shape index (κ2) is 16.2. The van der Waals surface area contributed by atoms with E-state index in [1.54, 1.807) is 0 Å². The first-order valence-electron chi connectivity index (χ1n) is 15.2. The van der Waals surface area contributed by atoms with E-state index < -0.39 is 30.0 Å². The number of hydrogen-bond donors (Lipinski definition) is 1. The summed E-state index contributed by atoms with van der Waals surface area (Å²) in [5.74, 6) is 0. The van der Waals surface area contributed by atoms with Gasteiger partial charge >= 0.3 is 29.6 Å². The fourth-order valence-corrected chi connectivity index (χ4v) is 6.90. The van der Waals surface area contributed by atoms with Crippen molar-refractivity contribution in [1.82, 2.24) is 0 Å². The van der Waals surface area contributed by atoms with E-state index in [0.717, 1.165) is 41.7 Å². The van der Waals surface area contributed by atoms with Gasteiger partial charge < -0.3 is 10.9 Å². The molecule has 8 nitrogen and oxygen atoms in total. The average molecular weight is 693 g/mol. The molecule has 0 aromatic heterocycles. The van der Waals surface area contributed by atoms with E-state index in [9.17, 15) is 25.9 Å². The van der Waals surface area contributed by atoms with Crippen molar-refractivity contribution in [3.63, 3.8) is 0 Å². The Hall–Kier alpha value is -3.61. The minimum atomic E-state index is -5.16. The van der Waals surface area contributed by atoms with Crippen LogP contribution in [0, 0.1) is 0 Å². The van der Waals surface area contributed by atoms with E-state index >= 15 is 0 Å². The largest absolute Gasteiger partial charge is 1.00 e. The van der Waals surface area contributed by atoms with Gasteiger partial charge in [-0.25, -0.2) is 13.0 Å². The van der Waals surface area contributed by atoms with Crippen molar-refractivity contribution in [2.24, 2.45) is 0 Å². The number of hydrogen-bond acceptors (Lipinski definition) is 6. The molecule has 0 atom stereocenters. The fourth-order valence-electron chi connectivity index (χ4n) is 5.61. The van der Waals surface area contributed by atoms with Crippen LogP contribution in [-0.4, -0.2) is 49.3 Å². The topological polar surface area (TPSA) is 118 Å². The Kier molecular flexibility index (Phi) is 12.6. The molecule has 0 bridgehead atoms. The van der Waals surface area contributed by atoms with E-state index in [1.165, 1.54) is 6.07 Å². The first kappa shape index (κ1) is 37.2. The van der Waals surface area contributed by atoms with Gasteiger partial charge in [-0.1, -0.05) is 78.9 Å². The van der Waals surface area contributed by atoms with Crippen molar-refractivity contribution in [3.8, 4) is 0 Å². The number of benzene rings is 4. The van der Waals surface area contributed by atoms with Gasteiger partial charge in [0.15, 0.2) is 12.3 Å². The molecule has 0 saturated carbocycles. The molecule has 11 heteroatoms. The Balaban J connectivity index is 0.00000325.